The lowest BCUT2D eigenvalue weighted by Crippen LogP contribution is -1.86. The van der Waals surface area contributed by atoms with E-state index in [4.69, 9.17) is 10.7 Å². The quantitative estimate of drug-likeness (QED) is 0.677. The number of anilines is 1. The molecule has 0 bridgehead atoms. The van der Waals surface area contributed by atoms with Crippen LogP contribution in [-0.4, -0.2) is 4.98 Å². The van der Waals surface area contributed by atoms with Gasteiger partial charge in [0.15, 0.2) is 0 Å². The average molecular weight is 294 g/mol. The highest BCUT2D eigenvalue weighted by molar-refractivity contribution is 7.15. The molecule has 0 aliphatic rings. The van der Waals surface area contributed by atoms with Gasteiger partial charge in [0.25, 0.3) is 0 Å². The molecule has 0 radical (unpaired) electrons. The van der Waals surface area contributed by atoms with Crippen LogP contribution < -0.4 is 5.73 Å². The summed E-state index contributed by atoms with van der Waals surface area (Å²) in [4.78, 5) is 6.06. The Morgan fingerprint density at radius 1 is 0.905 bits per heavy atom. The monoisotopic (exact) mass is 294 g/mol. The molecule has 3 aromatic rings. The van der Waals surface area contributed by atoms with Crippen LogP contribution in [0.25, 0.3) is 21.8 Å². The van der Waals surface area contributed by atoms with Gasteiger partial charge in [0, 0.05) is 21.7 Å². The summed E-state index contributed by atoms with van der Waals surface area (Å²) in [6.45, 7) is 6.39. The van der Waals surface area contributed by atoms with Crippen LogP contribution in [0.15, 0.2) is 42.5 Å². The Morgan fingerprint density at radius 3 is 2.43 bits per heavy atom. The summed E-state index contributed by atoms with van der Waals surface area (Å²) in [5, 5.41) is 1.02. The standard InChI is InChI=1S/C18H18N2S/c1-11-7-8-14(9-12(11)2)17-13(3)21-18(20-17)15-5-4-6-16(19)10-15/h4-10H,19H2,1-3H3. The number of nitrogens with zero attached hydrogens (tertiary/aromatic N) is 1. The second-order valence-corrected chi connectivity index (χ2v) is 6.55. The lowest BCUT2D eigenvalue weighted by Gasteiger charge is -2.03. The number of aromatic nitrogens is 1. The first-order valence-electron chi connectivity index (χ1n) is 6.95. The van der Waals surface area contributed by atoms with Crippen LogP contribution in [0.2, 0.25) is 0 Å². The van der Waals surface area contributed by atoms with Crippen molar-refractivity contribution in [2.24, 2.45) is 0 Å². The van der Waals surface area contributed by atoms with Crippen molar-refractivity contribution < 1.29 is 0 Å². The summed E-state index contributed by atoms with van der Waals surface area (Å²) < 4.78 is 0. The lowest BCUT2D eigenvalue weighted by molar-refractivity contribution is 1.31. The van der Waals surface area contributed by atoms with Gasteiger partial charge in [-0.1, -0.05) is 24.3 Å². The molecule has 0 spiro atoms. The largest absolute Gasteiger partial charge is 0.399 e. The Kier molecular flexibility index (Phi) is 3.52. The van der Waals surface area contributed by atoms with Crippen molar-refractivity contribution in [3.05, 3.63) is 58.5 Å². The molecular formula is C18H18N2S. The van der Waals surface area contributed by atoms with Crippen LogP contribution in [0.1, 0.15) is 16.0 Å². The molecule has 2 nitrogen and oxygen atoms in total. The van der Waals surface area contributed by atoms with Gasteiger partial charge < -0.3 is 5.73 Å². The molecule has 3 heteroatoms. The second-order valence-electron chi connectivity index (χ2n) is 5.35. The van der Waals surface area contributed by atoms with Crippen molar-refractivity contribution in [1.82, 2.24) is 4.98 Å². The number of thiazole rings is 1. The van der Waals surface area contributed by atoms with Gasteiger partial charge >= 0.3 is 0 Å². The van der Waals surface area contributed by atoms with Gasteiger partial charge in [-0.2, -0.15) is 0 Å². The Morgan fingerprint density at radius 2 is 1.71 bits per heavy atom. The van der Waals surface area contributed by atoms with E-state index >= 15 is 0 Å². The van der Waals surface area contributed by atoms with Gasteiger partial charge in [-0.3, -0.25) is 0 Å². The normalized spacial score (nSPS) is 10.8. The van der Waals surface area contributed by atoms with Crippen LogP contribution >= 0.6 is 11.3 Å². The third-order valence-corrected chi connectivity index (χ3v) is 4.73. The molecule has 0 amide bonds. The van der Waals surface area contributed by atoms with Crippen LogP contribution in [-0.2, 0) is 0 Å². The molecule has 3 rings (SSSR count). The highest BCUT2D eigenvalue weighted by atomic mass is 32.1. The zero-order valence-electron chi connectivity index (χ0n) is 12.5. The second kappa shape index (κ2) is 5.34. The number of nitrogens with two attached hydrogens (primary N) is 1. The van der Waals surface area contributed by atoms with E-state index in [-0.39, 0.29) is 0 Å². The molecule has 0 atom stereocenters. The van der Waals surface area contributed by atoms with Gasteiger partial charge in [-0.25, -0.2) is 4.98 Å². The minimum absolute atomic E-state index is 0.771. The van der Waals surface area contributed by atoms with Crippen molar-refractivity contribution in [3.63, 3.8) is 0 Å². The average Bonchev–Trinajstić information content (AvgIpc) is 2.84. The van der Waals surface area contributed by atoms with Crippen LogP contribution in [0.5, 0.6) is 0 Å². The predicted octanol–water partition coefficient (Wildman–Crippen LogP) is 4.98. The maximum Gasteiger partial charge on any atom is 0.124 e. The highest BCUT2D eigenvalue weighted by Gasteiger charge is 2.12. The summed E-state index contributed by atoms with van der Waals surface area (Å²) in [6, 6.07) is 14.4. The number of benzene rings is 2. The number of aryl methyl sites for hydroxylation is 3. The molecule has 2 aromatic carbocycles. The SMILES string of the molecule is Cc1ccc(-c2nc(-c3cccc(N)c3)sc2C)cc1C. The molecule has 0 saturated heterocycles. The molecule has 0 saturated carbocycles. The Hall–Kier alpha value is -2.13. The highest BCUT2D eigenvalue weighted by Crippen LogP contribution is 2.34. The summed E-state index contributed by atoms with van der Waals surface area (Å²) in [5.74, 6) is 0. The van der Waals surface area contributed by atoms with Crippen molar-refractivity contribution >= 4 is 17.0 Å². The summed E-state index contributed by atoms with van der Waals surface area (Å²) >= 11 is 1.71. The summed E-state index contributed by atoms with van der Waals surface area (Å²) in [7, 11) is 0. The molecule has 21 heavy (non-hydrogen) atoms. The van der Waals surface area contributed by atoms with E-state index in [0.717, 1.165) is 22.0 Å². The topological polar surface area (TPSA) is 38.9 Å². The smallest absolute Gasteiger partial charge is 0.124 e. The fourth-order valence-electron chi connectivity index (χ4n) is 2.35. The zero-order valence-corrected chi connectivity index (χ0v) is 13.3. The van der Waals surface area contributed by atoms with Crippen LogP contribution in [0.4, 0.5) is 5.69 Å². The number of hydrogen-bond donors (Lipinski definition) is 1. The molecule has 2 N–H and O–H groups in total. The van der Waals surface area contributed by atoms with Gasteiger partial charge in [0.2, 0.25) is 0 Å². The molecule has 0 aliphatic carbocycles. The van der Waals surface area contributed by atoms with Gasteiger partial charge in [0.1, 0.15) is 5.01 Å². The number of nitrogen functional groups attached to an aromatic ring is 1. The van der Waals surface area contributed by atoms with Crippen LogP contribution in [0.3, 0.4) is 0 Å². The first-order valence-corrected chi connectivity index (χ1v) is 7.77. The number of hydrogen-bond acceptors (Lipinski definition) is 3. The summed E-state index contributed by atoms with van der Waals surface area (Å²) in [5.41, 5.74) is 12.6. The number of rotatable bonds is 2. The molecule has 106 valence electrons. The first-order chi connectivity index (χ1) is 10.0. The third-order valence-electron chi connectivity index (χ3n) is 3.71. The van der Waals surface area contributed by atoms with Crippen molar-refractivity contribution in [2.45, 2.75) is 20.8 Å². The first kappa shape index (κ1) is 13.8. The van der Waals surface area contributed by atoms with Crippen molar-refractivity contribution in [2.75, 3.05) is 5.73 Å². The van der Waals surface area contributed by atoms with Crippen LogP contribution in [0, 0.1) is 20.8 Å². The molecule has 0 aliphatic heterocycles. The van der Waals surface area contributed by atoms with E-state index in [1.807, 2.05) is 18.2 Å². The maximum absolute atomic E-state index is 5.87. The van der Waals surface area contributed by atoms with E-state index in [2.05, 4.69) is 45.0 Å². The molecule has 1 aromatic heterocycles. The summed E-state index contributed by atoms with van der Waals surface area (Å²) in [6.07, 6.45) is 0. The fraction of sp³-hybridized carbons (Fsp3) is 0.167. The van der Waals surface area contributed by atoms with E-state index < -0.39 is 0 Å². The van der Waals surface area contributed by atoms with Gasteiger partial charge in [-0.05, 0) is 50.1 Å². The van der Waals surface area contributed by atoms with Crippen molar-refractivity contribution in [1.29, 1.82) is 0 Å². The molecular weight excluding hydrogens is 276 g/mol. The Balaban J connectivity index is 2.07. The van der Waals surface area contributed by atoms with E-state index in [1.54, 1.807) is 11.3 Å². The minimum atomic E-state index is 0.771. The van der Waals surface area contributed by atoms with E-state index in [1.165, 1.54) is 21.6 Å². The molecule has 0 unspecified atom stereocenters. The fourth-order valence-corrected chi connectivity index (χ4v) is 3.28. The van der Waals surface area contributed by atoms with E-state index in [0.29, 0.717) is 0 Å². The molecule has 0 fully saturated rings. The Labute approximate surface area is 129 Å². The van der Waals surface area contributed by atoms with E-state index in [9.17, 15) is 0 Å². The Bertz CT molecular complexity index is 803. The third kappa shape index (κ3) is 2.69. The minimum Gasteiger partial charge on any atom is -0.399 e. The van der Waals surface area contributed by atoms with Crippen molar-refractivity contribution in [3.8, 4) is 21.8 Å². The predicted molar refractivity (Wildman–Crippen MR) is 91.6 cm³/mol. The van der Waals surface area contributed by atoms with Gasteiger partial charge in [-0.15, -0.1) is 11.3 Å². The lowest BCUT2D eigenvalue weighted by atomic mass is 10.0. The zero-order chi connectivity index (χ0) is 15.0. The van der Waals surface area contributed by atoms with Gasteiger partial charge in [0.05, 0.1) is 5.69 Å². The molecule has 1 heterocycles. The maximum atomic E-state index is 5.87.